The number of nitrogens with zero attached hydrogens (tertiary/aromatic N) is 3. The monoisotopic (exact) mass is 332 g/mol. The first-order valence-corrected chi connectivity index (χ1v) is 8.55. The van der Waals surface area contributed by atoms with Crippen molar-refractivity contribution in [3.63, 3.8) is 0 Å². The van der Waals surface area contributed by atoms with Crippen molar-refractivity contribution in [3.8, 4) is 0 Å². The van der Waals surface area contributed by atoms with E-state index in [1.807, 2.05) is 54.1 Å². The van der Waals surface area contributed by atoms with Crippen LogP contribution in [0.2, 0.25) is 0 Å². The molecule has 5 nitrogen and oxygen atoms in total. The highest BCUT2D eigenvalue weighted by Crippen LogP contribution is 2.27. The zero-order valence-corrected chi connectivity index (χ0v) is 14.1. The second kappa shape index (κ2) is 6.51. The number of carbonyl (C=O) groups is 1. The first-order chi connectivity index (χ1) is 12.2. The second-order valence-corrected chi connectivity index (χ2v) is 6.35. The number of fused-ring (bicyclic) bond motifs is 1. The Morgan fingerprint density at radius 1 is 1.08 bits per heavy atom. The van der Waals surface area contributed by atoms with Crippen LogP contribution < -0.4 is 5.32 Å². The third-order valence-corrected chi connectivity index (χ3v) is 4.58. The zero-order valence-electron chi connectivity index (χ0n) is 14.1. The number of rotatable bonds is 5. The van der Waals surface area contributed by atoms with Gasteiger partial charge < -0.3 is 5.32 Å². The Hall–Kier alpha value is -2.95. The van der Waals surface area contributed by atoms with Crippen molar-refractivity contribution in [2.24, 2.45) is 0 Å². The summed E-state index contributed by atoms with van der Waals surface area (Å²) in [6.07, 6.45) is 1.56. The van der Waals surface area contributed by atoms with Crippen molar-refractivity contribution in [2.75, 3.05) is 0 Å². The topological polar surface area (TPSA) is 59.8 Å². The van der Waals surface area contributed by atoms with Gasteiger partial charge in [0.05, 0.1) is 6.04 Å². The Morgan fingerprint density at radius 2 is 1.84 bits per heavy atom. The van der Waals surface area contributed by atoms with Gasteiger partial charge in [-0.05, 0) is 30.5 Å². The molecule has 0 fully saturated rings. The molecule has 2 aromatic carbocycles. The molecular weight excluding hydrogens is 312 g/mol. The van der Waals surface area contributed by atoms with E-state index in [1.54, 1.807) is 0 Å². The molecular formula is C20H20N4O. The van der Waals surface area contributed by atoms with Crippen LogP contribution in [0, 0.1) is 6.92 Å². The largest absolute Gasteiger partial charge is 0.345 e. The van der Waals surface area contributed by atoms with Gasteiger partial charge in [-0.2, -0.15) is 5.10 Å². The maximum Gasteiger partial charge on any atom is 0.252 e. The van der Waals surface area contributed by atoms with Crippen LogP contribution in [0.15, 0.2) is 54.6 Å². The molecule has 126 valence electrons. The minimum atomic E-state index is -0.0391. The van der Waals surface area contributed by atoms with Gasteiger partial charge in [-0.3, -0.25) is 4.79 Å². The number of aromatic nitrogens is 3. The SMILES string of the molecule is Cc1nc(CC2NC(=O)c3ccccc32)n(CCc2ccccc2)n1. The Kier molecular flexibility index (Phi) is 4.06. The first kappa shape index (κ1) is 15.6. The maximum absolute atomic E-state index is 12.1. The quantitative estimate of drug-likeness (QED) is 0.781. The van der Waals surface area contributed by atoms with Crippen LogP contribution in [-0.2, 0) is 19.4 Å². The van der Waals surface area contributed by atoms with Crippen LogP contribution in [0.1, 0.15) is 39.2 Å². The standard InChI is InChI=1S/C20H20N4O/c1-14-21-19(24(23-14)12-11-15-7-3-2-4-8-15)13-18-16-9-5-6-10-17(16)20(25)22-18/h2-10,18H,11-13H2,1H3,(H,22,25). The third kappa shape index (κ3) is 3.18. The Bertz CT molecular complexity index is 901. The van der Waals surface area contributed by atoms with E-state index in [9.17, 15) is 4.79 Å². The summed E-state index contributed by atoms with van der Waals surface area (Å²) in [6, 6.07) is 18.1. The lowest BCUT2D eigenvalue weighted by Gasteiger charge is -2.12. The summed E-state index contributed by atoms with van der Waals surface area (Å²) >= 11 is 0. The molecule has 2 heterocycles. The fourth-order valence-corrected chi connectivity index (χ4v) is 3.37. The molecule has 4 rings (SSSR count). The van der Waals surface area contributed by atoms with Crippen molar-refractivity contribution in [3.05, 3.63) is 82.9 Å². The predicted molar refractivity (Wildman–Crippen MR) is 95.3 cm³/mol. The zero-order chi connectivity index (χ0) is 17.2. The lowest BCUT2D eigenvalue weighted by Crippen LogP contribution is -2.22. The molecule has 0 bridgehead atoms. The van der Waals surface area contributed by atoms with Gasteiger partial charge in [0.25, 0.3) is 5.91 Å². The summed E-state index contributed by atoms with van der Waals surface area (Å²) < 4.78 is 1.97. The third-order valence-electron chi connectivity index (χ3n) is 4.58. The molecule has 5 heteroatoms. The number of hydrogen-bond donors (Lipinski definition) is 1. The van der Waals surface area contributed by atoms with E-state index in [0.717, 1.165) is 35.7 Å². The van der Waals surface area contributed by atoms with Gasteiger partial charge in [-0.15, -0.1) is 0 Å². The molecule has 3 aromatic rings. The highest BCUT2D eigenvalue weighted by atomic mass is 16.2. The molecule has 1 aromatic heterocycles. The number of hydrogen-bond acceptors (Lipinski definition) is 3. The normalized spacial score (nSPS) is 15.9. The summed E-state index contributed by atoms with van der Waals surface area (Å²) in [5.74, 6) is 1.67. The molecule has 1 amide bonds. The smallest absolute Gasteiger partial charge is 0.252 e. The van der Waals surface area contributed by atoms with Gasteiger partial charge in [0, 0.05) is 18.5 Å². The van der Waals surface area contributed by atoms with E-state index in [4.69, 9.17) is 0 Å². The fourth-order valence-electron chi connectivity index (χ4n) is 3.37. The summed E-state index contributed by atoms with van der Waals surface area (Å²) in [4.78, 5) is 16.7. The Balaban J connectivity index is 1.53. The van der Waals surface area contributed by atoms with Crippen LogP contribution in [0.3, 0.4) is 0 Å². The van der Waals surface area contributed by atoms with Gasteiger partial charge in [-0.1, -0.05) is 48.5 Å². The number of carbonyl (C=O) groups excluding carboxylic acids is 1. The highest BCUT2D eigenvalue weighted by molar-refractivity contribution is 5.99. The molecule has 1 unspecified atom stereocenters. The van der Waals surface area contributed by atoms with Crippen molar-refractivity contribution < 1.29 is 4.79 Å². The first-order valence-electron chi connectivity index (χ1n) is 8.55. The number of amides is 1. The molecule has 1 N–H and O–H groups in total. The number of benzene rings is 2. The average Bonchev–Trinajstić information content (AvgIpc) is 3.14. The van der Waals surface area contributed by atoms with Crippen LogP contribution in [0.5, 0.6) is 0 Å². The molecule has 0 aliphatic carbocycles. The molecule has 1 aliphatic rings. The van der Waals surface area contributed by atoms with E-state index in [1.165, 1.54) is 5.56 Å². The number of nitrogens with one attached hydrogen (secondary N) is 1. The minimum Gasteiger partial charge on any atom is -0.345 e. The molecule has 1 atom stereocenters. The molecule has 0 saturated heterocycles. The van der Waals surface area contributed by atoms with Gasteiger partial charge in [-0.25, -0.2) is 9.67 Å². The Morgan fingerprint density at radius 3 is 2.68 bits per heavy atom. The lowest BCUT2D eigenvalue weighted by molar-refractivity contribution is 0.0956. The van der Waals surface area contributed by atoms with Gasteiger partial charge in [0.2, 0.25) is 0 Å². The second-order valence-electron chi connectivity index (χ2n) is 6.35. The number of aryl methyl sites for hydroxylation is 3. The van der Waals surface area contributed by atoms with E-state index < -0.39 is 0 Å². The molecule has 0 spiro atoms. The van der Waals surface area contributed by atoms with E-state index >= 15 is 0 Å². The van der Waals surface area contributed by atoms with Crippen molar-refractivity contribution in [1.82, 2.24) is 20.1 Å². The van der Waals surface area contributed by atoms with Crippen molar-refractivity contribution >= 4 is 5.91 Å². The van der Waals surface area contributed by atoms with Crippen molar-refractivity contribution in [1.29, 1.82) is 0 Å². The fraction of sp³-hybridized carbons (Fsp3) is 0.250. The highest BCUT2D eigenvalue weighted by Gasteiger charge is 2.29. The van der Waals surface area contributed by atoms with Crippen LogP contribution in [0.4, 0.5) is 0 Å². The summed E-state index contributed by atoms with van der Waals surface area (Å²) in [5.41, 5.74) is 3.09. The van der Waals surface area contributed by atoms with Crippen LogP contribution in [-0.4, -0.2) is 20.7 Å². The summed E-state index contributed by atoms with van der Waals surface area (Å²) in [6.45, 7) is 2.69. The minimum absolute atomic E-state index is 0.00678. The van der Waals surface area contributed by atoms with Crippen molar-refractivity contribution in [2.45, 2.75) is 32.4 Å². The maximum atomic E-state index is 12.1. The summed E-state index contributed by atoms with van der Waals surface area (Å²) in [7, 11) is 0. The van der Waals surface area contributed by atoms with Gasteiger partial charge >= 0.3 is 0 Å². The molecule has 25 heavy (non-hydrogen) atoms. The van der Waals surface area contributed by atoms with Crippen LogP contribution >= 0.6 is 0 Å². The van der Waals surface area contributed by atoms with Crippen LogP contribution in [0.25, 0.3) is 0 Å². The van der Waals surface area contributed by atoms with Gasteiger partial charge in [0.15, 0.2) is 0 Å². The molecule has 1 aliphatic heterocycles. The predicted octanol–water partition coefficient (Wildman–Crippen LogP) is 2.86. The lowest BCUT2D eigenvalue weighted by atomic mass is 10.0. The van der Waals surface area contributed by atoms with Gasteiger partial charge in [0.1, 0.15) is 11.6 Å². The summed E-state index contributed by atoms with van der Waals surface area (Å²) in [5, 5.41) is 7.59. The molecule has 0 radical (unpaired) electrons. The Labute approximate surface area is 146 Å². The molecule has 0 saturated carbocycles. The van der Waals surface area contributed by atoms with E-state index in [0.29, 0.717) is 6.42 Å². The van der Waals surface area contributed by atoms with E-state index in [2.05, 4.69) is 27.5 Å². The van der Waals surface area contributed by atoms with E-state index in [-0.39, 0.29) is 11.9 Å². The average molecular weight is 332 g/mol.